The first-order chi connectivity index (χ1) is 10.0. The van der Waals surface area contributed by atoms with Crippen LogP contribution >= 0.6 is 11.8 Å². The number of aromatic amines is 1. The Bertz CT molecular complexity index is 595. The van der Waals surface area contributed by atoms with Crippen LogP contribution in [0.25, 0.3) is 0 Å². The number of halogens is 1. The quantitative estimate of drug-likeness (QED) is 0.858. The van der Waals surface area contributed by atoms with Gasteiger partial charge in [-0.2, -0.15) is 5.10 Å². The van der Waals surface area contributed by atoms with Gasteiger partial charge in [-0.3, -0.25) is 9.89 Å². The monoisotopic (exact) mass is 307 g/mol. The van der Waals surface area contributed by atoms with Crippen molar-refractivity contribution in [1.29, 1.82) is 0 Å². The number of benzene rings is 1. The van der Waals surface area contributed by atoms with Crippen molar-refractivity contribution >= 4 is 23.5 Å². The number of thioether (sulfide) groups is 1. The van der Waals surface area contributed by atoms with E-state index in [0.29, 0.717) is 23.2 Å². The van der Waals surface area contributed by atoms with Crippen LogP contribution in [0.1, 0.15) is 31.0 Å². The average Bonchev–Trinajstić information content (AvgIpc) is 2.90. The number of anilines is 1. The second-order valence-corrected chi connectivity index (χ2v) is 6.02. The van der Waals surface area contributed by atoms with Gasteiger partial charge in [0.15, 0.2) is 5.82 Å². The number of amides is 1. The fourth-order valence-corrected chi connectivity index (χ4v) is 2.51. The highest BCUT2D eigenvalue weighted by Crippen LogP contribution is 2.16. The van der Waals surface area contributed by atoms with E-state index in [1.54, 1.807) is 12.1 Å². The predicted molar refractivity (Wildman–Crippen MR) is 83.9 cm³/mol. The van der Waals surface area contributed by atoms with E-state index < -0.39 is 0 Å². The maximum Gasteiger partial charge on any atom is 0.235 e. The molecule has 0 atom stereocenters. The molecule has 0 aliphatic carbocycles. The lowest BCUT2D eigenvalue weighted by Crippen LogP contribution is -2.14. The van der Waals surface area contributed by atoms with Crippen LogP contribution in [0, 0.1) is 5.82 Å². The first kappa shape index (κ1) is 15.6. The van der Waals surface area contributed by atoms with E-state index in [-0.39, 0.29) is 11.7 Å². The number of hydrogen-bond acceptors (Lipinski definition) is 3. The summed E-state index contributed by atoms with van der Waals surface area (Å²) in [5.74, 6) is 1.55. The predicted octanol–water partition coefficient (Wildman–Crippen LogP) is 3.54. The summed E-state index contributed by atoms with van der Waals surface area (Å²) in [5.41, 5.74) is 1.99. The molecule has 0 saturated carbocycles. The summed E-state index contributed by atoms with van der Waals surface area (Å²) in [6.45, 7) is 4.11. The van der Waals surface area contributed by atoms with Crippen LogP contribution in [-0.2, 0) is 10.5 Å². The summed E-state index contributed by atoms with van der Waals surface area (Å²) in [7, 11) is 0. The number of carbonyl (C=O) groups excluding carboxylic acids is 1. The van der Waals surface area contributed by atoms with Crippen LogP contribution in [0.3, 0.4) is 0 Å². The molecule has 0 spiro atoms. The van der Waals surface area contributed by atoms with Gasteiger partial charge in [-0.05, 0) is 23.6 Å². The lowest BCUT2D eigenvalue weighted by Gasteiger charge is -2.03. The highest BCUT2D eigenvalue weighted by molar-refractivity contribution is 7.99. The maximum absolute atomic E-state index is 12.8. The van der Waals surface area contributed by atoms with E-state index in [2.05, 4.69) is 29.4 Å². The minimum absolute atomic E-state index is 0.0936. The number of H-pyrrole nitrogens is 1. The van der Waals surface area contributed by atoms with E-state index in [9.17, 15) is 9.18 Å². The number of nitrogens with one attached hydrogen (secondary N) is 2. The van der Waals surface area contributed by atoms with Gasteiger partial charge in [0.2, 0.25) is 5.91 Å². The molecule has 2 aromatic rings. The summed E-state index contributed by atoms with van der Waals surface area (Å²) in [6, 6.07) is 8.14. The average molecular weight is 307 g/mol. The van der Waals surface area contributed by atoms with Gasteiger partial charge in [-0.1, -0.05) is 26.0 Å². The Morgan fingerprint density at radius 3 is 2.71 bits per heavy atom. The molecule has 0 bridgehead atoms. The summed E-state index contributed by atoms with van der Waals surface area (Å²) >= 11 is 1.48. The molecule has 1 amide bonds. The maximum atomic E-state index is 12.8. The molecule has 2 rings (SSSR count). The third-order valence-electron chi connectivity index (χ3n) is 2.90. The molecule has 0 aliphatic heterocycles. The Hall–Kier alpha value is -1.82. The molecule has 6 heteroatoms. The fraction of sp³-hybridized carbons (Fsp3) is 0.333. The Morgan fingerprint density at radius 2 is 2.10 bits per heavy atom. The zero-order valence-corrected chi connectivity index (χ0v) is 12.8. The van der Waals surface area contributed by atoms with Crippen LogP contribution in [0.15, 0.2) is 30.3 Å². The Balaban J connectivity index is 1.75. The minimum atomic E-state index is -0.249. The lowest BCUT2D eigenvalue weighted by atomic mass is 10.1. The number of hydrogen-bond donors (Lipinski definition) is 2. The molecule has 0 unspecified atom stereocenters. The second kappa shape index (κ2) is 7.26. The normalized spacial score (nSPS) is 10.9. The smallest absolute Gasteiger partial charge is 0.235 e. The zero-order valence-electron chi connectivity index (χ0n) is 12.0. The minimum Gasteiger partial charge on any atom is -0.308 e. The molecular formula is C15H18FN3OS. The SMILES string of the molecule is CC(C)c1cc(NC(=O)CSCc2ccc(F)cc2)n[nH]1. The highest BCUT2D eigenvalue weighted by Gasteiger charge is 2.08. The van der Waals surface area contributed by atoms with E-state index >= 15 is 0 Å². The van der Waals surface area contributed by atoms with E-state index in [1.807, 2.05) is 6.07 Å². The van der Waals surface area contributed by atoms with Crippen molar-refractivity contribution in [2.24, 2.45) is 0 Å². The Kier molecular flexibility index (Phi) is 5.38. The van der Waals surface area contributed by atoms with Gasteiger partial charge in [-0.25, -0.2) is 4.39 Å². The second-order valence-electron chi connectivity index (χ2n) is 5.03. The van der Waals surface area contributed by atoms with Crippen LogP contribution in [0.2, 0.25) is 0 Å². The van der Waals surface area contributed by atoms with Crippen LogP contribution < -0.4 is 5.32 Å². The van der Waals surface area contributed by atoms with Crippen molar-refractivity contribution < 1.29 is 9.18 Å². The molecule has 21 heavy (non-hydrogen) atoms. The van der Waals surface area contributed by atoms with Crippen molar-refractivity contribution in [2.75, 3.05) is 11.1 Å². The van der Waals surface area contributed by atoms with Crippen molar-refractivity contribution in [2.45, 2.75) is 25.5 Å². The molecule has 1 aromatic carbocycles. The molecule has 0 saturated heterocycles. The molecular weight excluding hydrogens is 289 g/mol. The number of nitrogens with zero attached hydrogens (tertiary/aromatic N) is 1. The topological polar surface area (TPSA) is 57.8 Å². The van der Waals surface area contributed by atoms with Gasteiger partial charge in [0.25, 0.3) is 0 Å². The summed E-state index contributed by atoms with van der Waals surface area (Å²) in [5, 5.41) is 9.69. The molecule has 0 fully saturated rings. The first-order valence-corrected chi connectivity index (χ1v) is 7.87. The molecule has 1 aromatic heterocycles. The first-order valence-electron chi connectivity index (χ1n) is 6.72. The summed E-state index contributed by atoms with van der Waals surface area (Å²) < 4.78 is 12.8. The Morgan fingerprint density at radius 1 is 1.38 bits per heavy atom. The van der Waals surface area contributed by atoms with Crippen molar-refractivity contribution in [3.8, 4) is 0 Å². The van der Waals surface area contributed by atoms with Gasteiger partial charge in [0.05, 0.1) is 5.75 Å². The number of carbonyl (C=O) groups is 1. The third-order valence-corrected chi connectivity index (χ3v) is 3.91. The van der Waals surface area contributed by atoms with Crippen molar-refractivity contribution in [3.63, 3.8) is 0 Å². The molecule has 112 valence electrons. The highest BCUT2D eigenvalue weighted by atomic mass is 32.2. The summed E-state index contributed by atoms with van der Waals surface area (Å²) in [6.07, 6.45) is 0. The zero-order chi connectivity index (χ0) is 15.2. The lowest BCUT2D eigenvalue weighted by molar-refractivity contribution is -0.113. The number of rotatable bonds is 6. The standard InChI is InChI=1S/C15H18FN3OS/c1-10(2)13-7-14(19-18-13)17-15(20)9-21-8-11-3-5-12(16)6-4-11/h3-7,10H,8-9H2,1-2H3,(H2,17,18,19,20). The van der Waals surface area contributed by atoms with Gasteiger partial charge < -0.3 is 5.32 Å². The van der Waals surface area contributed by atoms with Crippen LogP contribution in [0.5, 0.6) is 0 Å². The van der Waals surface area contributed by atoms with Gasteiger partial charge in [-0.15, -0.1) is 11.8 Å². The third kappa shape index (κ3) is 4.90. The molecule has 0 radical (unpaired) electrons. The van der Waals surface area contributed by atoms with Crippen LogP contribution in [-0.4, -0.2) is 21.9 Å². The Labute approximate surface area is 127 Å². The van der Waals surface area contributed by atoms with Crippen LogP contribution in [0.4, 0.5) is 10.2 Å². The van der Waals surface area contributed by atoms with E-state index in [4.69, 9.17) is 0 Å². The van der Waals surface area contributed by atoms with Gasteiger partial charge in [0.1, 0.15) is 5.82 Å². The van der Waals surface area contributed by atoms with Gasteiger partial charge >= 0.3 is 0 Å². The largest absolute Gasteiger partial charge is 0.308 e. The van der Waals surface area contributed by atoms with Crippen molar-refractivity contribution in [3.05, 3.63) is 47.4 Å². The molecule has 4 nitrogen and oxygen atoms in total. The van der Waals surface area contributed by atoms with Gasteiger partial charge in [0, 0.05) is 17.5 Å². The number of aromatic nitrogens is 2. The molecule has 2 N–H and O–H groups in total. The van der Waals surface area contributed by atoms with E-state index in [1.165, 1.54) is 23.9 Å². The molecule has 0 aliphatic rings. The fourth-order valence-electron chi connectivity index (χ4n) is 1.72. The summed E-state index contributed by atoms with van der Waals surface area (Å²) in [4.78, 5) is 11.8. The van der Waals surface area contributed by atoms with E-state index in [0.717, 1.165) is 11.3 Å². The molecule has 1 heterocycles. The van der Waals surface area contributed by atoms with Crippen molar-refractivity contribution in [1.82, 2.24) is 10.2 Å².